The molecule has 2 heteroatoms. The summed E-state index contributed by atoms with van der Waals surface area (Å²) in [6.07, 6.45) is 0. The van der Waals surface area contributed by atoms with Gasteiger partial charge in [0.25, 0.3) is 0 Å². The van der Waals surface area contributed by atoms with Gasteiger partial charge in [0.2, 0.25) is 0 Å². The average molecular weight is 238 g/mol. The summed E-state index contributed by atoms with van der Waals surface area (Å²) in [7, 11) is 0. The van der Waals surface area contributed by atoms with Crippen molar-refractivity contribution in [2.24, 2.45) is 22.5 Å². The zero-order valence-electron chi connectivity index (χ0n) is 10.4. The van der Waals surface area contributed by atoms with E-state index < -0.39 is 0 Å². The summed E-state index contributed by atoms with van der Waals surface area (Å²) >= 11 is 6.00. The molecule has 1 saturated carbocycles. The van der Waals surface area contributed by atoms with Crippen molar-refractivity contribution in [2.75, 3.05) is 0 Å². The second-order valence-corrected chi connectivity index (χ2v) is 6.44. The van der Waals surface area contributed by atoms with E-state index in [1.165, 1.54) is 0 Å². The Bertz CT molecular complexity index is 395. The highest BCUT2D eigenvalue weighted by Crippen LogP contribution is 2.71. The highest BCUT2D eigenvalue weighted by Gasteiger charge is 2.66. The van der Waals surface area contributed by atoms with Crippen LogP contribution in [-0.4, -0.2) is 0 Å². The fraction of sp³-hybridized carbons (Fsp3) is 0.571. The molecule has 0 saturated heterocycles. The van der Waals surface area contributed by atoms with Crippen molar-refractivity contribution >= 4 is 11.6 Å². The van der Waals surface area contributed by atoms with Crippen LogP contribution in [0.3, 0.4) is 0 Å². The zero-order chi connectivity index (χ0) is 12.1. The molecule has 0 bridgehead atoms. The van der Waals surface area contributed by atoms with E-state index in [0.717, 1.165) is 10.6 Å². The van der Waals surface area contributed by atoms with Crippen molar-refractivity contribution < 1.29 is 0 Å². The fourth-order valence-corrected chi connectivity index (χ4v) is 3.25. The van der Waals surface area contributed by atoms with E-state index in [-0.39, 0.29) is 6.04 Å². The van der Waals surface area contributed by atoms with Crippen molar-refractivity contribution in [3.8, 4) is 0 Å². The molecule has 0 radical (unpaired) electrons. The molecule has 0 heterocycles. The van der Waals surface area contributed by atoms with Gasteiger partial charge in [0.1, 0.15) is 0 Å². The Hall–Kier alpha value is -0.530. The Balaban J connectivity index is 2.26. The summed E-state index contributed by atoms with van der Waals surface area (Å²) in [5.74, 6) is 0.526. The number of hydrogen-bond donors (Lipinski definition) is 1. The van der Waals surface area contributed by atoms with E-state index in [9.17, 15) is 0 Å². The van der Waals surface area contributed by atoms with Gasteiger partial charge in [0, 0.05) is 11.1 Å². The van der Waals surface area contributed by atoms with Gasteiger partial charge in [-0.25, -0.2) is 0 Å². The number of nitrogens with two attached hydrogens (primary N) is 1. The quantitative estimate of drug-likeness (QED) is 0.826. The Morgan fingerprint density at radius 2 is 1.75 bits per heavy atom. The van der Waals surface area contributed by atoms with Gasteiger partial charge in [0.15, 0.2) is 0 Å². The standard InChI is InChI=1S/C14H20ClN/c1-13(2)12(14(13,3)4)11(16)9-6-5-7-10(15)8-9/h5-8,11-12H,16H2,1-4H3. The van der Waals surface area contributed by atoms with Crippen molar-refractivity contribution in [3.63, 3.8) is 0 Å². The molecular formula is C14H20ClN. The van der Waals surface area contributed by atoms with Crippen LogP contribution in [0.4, 0.5) is 0 Å². The SMILES string of the molecule is CC1(C)C(C(N)c2cccc(Cl)c2)C1(C)C. The molecule has 1 aromatic carbocycles. The first-order valence-corrected chi connectivity index (χ1v) is 6.17. The van der Waals surface area contributed by atoms with Gasteiger partial charge in [-0.1, -0.05) is 51.4 Å². The lowest BCUT2D eigenvalue weighted by atomic mass is 9.97. The van der Waals surface area contributed by atoms with Crippen LogP contribution in [0.2, 0.25) is 5.02 Å². The van der Waals surface area contributed by atoms with Crippen LogP contribution in [-0.2, 0) is 0 Å². The van der Waals surface area contributed by atoms with Crippen LogP contribution < -0.4 is 5.73 Å². The molecule has 1 fully saturated rings. The summed E-state index contributed by atoms with van der Waals surface area (Å²) < 4.78 is 0. The largest absolute Gasteiger partial charge is 0.324 e. The molecule has 2 rings (SSSR count). The summed E-state index contributed by atoms with van der Waals surface area (Å²) in [6, 6.07) is 8.00. The third kappa shape index (κ3) is 1.57. The third-order valence-corrected chi connectivity index (χ3v) is 4.96. The second-order valence-electron chi connectivity index (χ2n) is 6.00. The lowest BCUT2D eigenvalue weighted by Gasteiger charge is -2.14. The Kier molecular flexibility index (Phi) is 2.60. The molecule has 1 atom stereocenters. The van der Waals surface area contributed by atoms with E-state index in [4.69, 9.17) is 17.3 Å². The maximum Gasteiger partial charge on any atom is 0.0409 e. The molecule has 2 N–H and O–H groups in total. The van der Waals surface area contributed by atoms with Crippen LogP contribution in [0.25, 0.3) is 0 Å². The predicted molar refractivity (Wildman–Crippen MR) is 69.4 cm³/mol. The fourth-order valence-electron chi connectivity index (χ4n) is 3.05. The molecule has 1 nitrogen and oxygen atoms in total. The Morgan fingerprint density at radius 1 is 1.19 bits per heavy atom. The molecule has 1 unspecified atom stereocenters. The summed E-state index contributed by atoms with van der Waals surface area (Å²) in [4.78, 5) is 0. The molecule has 0 amide bonds. The smallest absolute Gasteiger partial charge is 0.0409 e. The number of hydrogen-bond acceptors (Lipinski definition) is 1. The van der Waals surface area contributed by atoms with Gasteiger partial charge in [-0.05, 0) is 34.4 Å². The molecule has 1 aliphatic rings. The van der Waals surface area contributed by atoms with Gasteiger partial charge in [0.05, 0.1) is 0 Å². The first-order chi connectivity index (χ1) is 7.28. The topological polar surface area (TPSA) is 26.0 Å². The van der Waals surface area contributed by atoms with Crippen LogP contribution in [0.15, 0.2) is 24.3 Å². The van der Waals surface area contributed by atoms with E-state index in [0.29, 0.717) is 16.7 Å². The van der Waals surface area contributed by atoms with E-state index in [2.05, 4.69) is 33.8 Å². The van der Waals surface area contributed by atoms with Crippen LogP contribution in [0.1, 0.15) is 39.3 Å². The van der Waals surface area contributed by atoms with Crippen molar-refractivity contribution in [2.45, 2.75) is 33.7 Å². The van der Waals surface area contributed by atoms with Crippen LogP contribution >= 0.6 is 11.6 Å². The highest BCUT2D eigenvalue weighted by atomic mass is 35.5. The first kappa shape index (κ1) is 11.9. The average Bonchev–Trinajstić information content (AvgIpc) is 2.56. The predicted octanol–water partition coefficient (Wildman–Crippen LogP) is 4.02. The van der Waals surface area contributed by atoms with Gasteiger partial charge in [-0.3, -0.25) is 0 Å². The maximum atomic E-state index is 6.36. The van der Waals surface area contributed by atoms with Gasteiger partial charge >= 0.3 is 0 Å². The number of rotatable bonds is 2. The lowest BCUT2D eigenvalue weighted by molar-refractivity contribution is 0.457. The molecule has 1 aliphatic carbocycles. The molecule has 0 aliphatic heterocycles. The van der Waals surface area contributed by atoms with Crippen LogP contribution in [0.5, 0.6) is 0 Å². The van der Waals surface area contributed by atoms with Gasteiger partial charge < -0.3 is 5.73 Å². The van der Waals surface area contributed by atoms with E-state index in [1.807, 2.05) is 18.2 Å². The van der Waals surface area contributed by atoms with Crippen molar-refractivity contribution in [1.29, 1.82) is 0 Å². The maximum absolute atomic E-state index is 6.36. The minimum atomic E-state index is 0.0868. The Morgan fingerprint density at radius 3 is 2.19 bits per heavy atom. The zero-order valence-corrected chi connectivity index (χ0v) is 11.2. The molecule has 1 aromatic rings. The lowest BCUT2D eigenvalue weighted by Crippen LogP contribution is -2.16. The number of benzene rings is 1. The molecule has 0 aromatic heterocycles. The first-order valence-electron chi connectivity index (χ1n) is 5.79. The van der Waals surface area contributed by atoms with Crippen molar-refractivity contribution in [1.82, 2.24) is 0 Å². The monoisotopic (exact) mass is 237 g/mol. The third-order valence-electron chi connectivity index (χ3n) is 4.73. The summed E-state index contributed by atoms with van der Waals surface area (Å²) in [5.41, 5.74) is 8.14. The van der Waals surface area contributed by atoms with Crippen LogP contribution in [0, 0.1) is 16.7 Å². The molecule has 88 valence electrons. The van der Waals surface area contributed by atoms with Gasteiger partial charge in [-0.2, -0.15) is 0 Å². The molecular weight excluding hydrogens is 218 g/mol. The highest BCUT2D eigenvalue weighted by molar-refractivity contribution is 6.30. The van der Waals surface area contributed by atoms with E-state index >= 15 is 0 Å². The minimum Gasteiger partial charge on any atom is -0.324 e. The second kappa shape index (κ2) is 3.48. The number of halogens is 1. The van der Waals surface area contributed by atoms with Crippen molar-refractivity contribution in [3.05, 3.63) is 34.9 Å². The molecule has 0 spiro atoms. The minimum absolute atomic E-state index is 0.0868. The van der Waals surface area contributed by atoms with E-state index in [1.54, 1.807) is 0 Å². The summed E-state index contributed by atoms with van der Waals surface area (Å²) in [5, 5.41) is 0.768. The Labute approximate surface area is 103 Å². The molecule has 16 heavy (non-hydrogen) atoms. The normalized spacial score (nSPS) is 24.1. The van der Waals surface area contributed by atoms with Gasteiger partial charge in [-0.15, -0.1) is 0 Å². The summed E-state index contributed by atoms with van der Waals surface area (Å²) in [6.45, 7) is 9.17.